The highest BCUT2D eigenvalue weighted by Gasteiger charge is 2.31. The van der Waals surface area contributed by atoms with Gasteiger partial charge in [0.2, 0.25) is 5.91 Å². The van der Waals surface area contributed by atoms with Gasteiger partial charge in [0, 0.05) is 19.5 Å². The van der Waals surface area contributed by atoms with Crippen LogP contribution in [0.3, 0.4) is 0 Å². The van der Waals surface area contributed by atoms with Crippen molar-refractivity contribution in [3.05, 3.63) is 65.5 Å². The molecular formula is C19H19FN2O3. The Labute approximate surface area is 145 Å². The SMILES string of the molecule is COc1ccccc1C(=O)N[C@H]1CC(=O)N(Cc2cccc(F)c2)C1. The minimum atomic E-state index is -0.329. The van der Waals surface area contributed by atoms with Crippen LogP contribution in [-0.2, 0) is 11.3 Å². The minimum absolute atomic E-state index is 0.0606. The standard InChI is InChI=1S/C19H19FN2O3/c1-25-17-8-3-2-7-16(17)19(24)21-15-10-18(23)22(12-15)11-13-5-4-6-14(20)9-13/h2-9,15H,10-12H2,1H3,(H,21,24)/t15-/m0/s1. The average molecular weight is 342 g/mol. The summed E-state index contributed by atoms with van der Waals surface area (Å²) in [6.07, 6.45) is 0.232. The molecule has 2 amide bonds. The molecule has 3 rings (SSSR count). The highest BCUT2D eigenvalue weighted by molar-refractivity contribution is 5.97. The number of hydrogen-bond acceptors (Lipinski definition) is 3. The smallest absolute Gasteiger partial charge is 0.255 e. The highest BCUT2D eigenvalue weighted by atomic mass is 19.1. The lowest BCUT2D eigenvalue weighted by atomic mass is 10.1. The number of halogens is 1. The molecule has 1 saturated heterocycles. The van der Waals surface area contributed by atoms with Crippen LogP contribution in [0, 0.1) is 5.82 Å². The fourth-order valence-corrected chi connectivity index (χ4v) is 2.97. The summed E-state index contributed by atoms with van der Waals surface area (Å²) in [5.74, 6) is -0.177. The van der Waals surface area contributed by atoms with Crippen LogP contribution in [0.15, 0.2) is 48.5 Å². The average Bonchev–Trinajstić information content (AvgIpc) is 2.94. The topological polar surface area (TPSA) is 58.6 Å². The van der Waals surface area contributed by atoms with Crippen molar-refractivity contribution < 1.29 is 18.7 Å². The number of nitrogens with one attached hydrogen (secondary N) is 1. The number of para-hydroxylation sites is 1. The first kappa shape index (κ1) is 17.0. The zero-order chi connectivity index (χ0) is 17.8. The minimum Gasteiger partial charge on any atom is -0.496 e. The van der Waals surface area contributed by atoms with Gasteiger partial charge in [-0.05, 0) is 29.8 Å². The molecule has 1 N–H and O–H groups in total. The number of amides is 2. The van der Waals surface area contributed by atoms with Crippen molar-refractivity contribution in [3.8, 4) is 5.75 Å². The molecule has 0 aliphatic carbocycles. The molecule has 130 valence electrons. The van der Waals surface area contributed by atoms with E-state index in [4.69, 9.17) is 4.74 Å². The lowest BCUT2D eigenvalue weighted by molar-refractivity contribution is -0.128. The number of methoxy groups -OCH3 is 1. The van der Waals surface area contributed by atoms with Crippen molar-refractivity contribution >= 4 is 11.8 Å². The molecule has 1 atom stereocenters. The molecule has 0 radical (unpaired) electrons. The zero-order valence-corrected chi connectivity index (χ0v) is 13.9. The third-order valence-electron chi connectivity index (χ3n) is 4.16. The Morgan fingerprint density at radius 1 is 1.28 bits per heavy atom. The van der Waals surface area contributed by atoms with E-state index in [2.05, 4.69) is 5.32 Å². The van der Waals surface area contributed by atoms with Crippen molar-refractivity contribution in [2.45, 2.75) is 19.0 Å². The number of ether oxygens (including phenoxy) is 1. The number of likely N-dealkylation sites (tertiary alicyclic amines) is 1. The summed E-state index contributed by atoms with van der Waals surface area (Å²) in [7, 11) is 1.51. The van der Waals surface area contributed by atoms with Crippen LogP contribution < -0.4 is 10.1 Å². The number of rotatable bonds is 5. The Hall–Kier alpha value is -2.89. The molecule has 25 heavy (non-hydrogen) atoms. The van der Waals surface area contributed by atoms with E-state index < -0.39 is 0 Å². The largest absolute Gasteiger partial charge is 0.496 e. The van der Waals surface area contributed by atoms with E-state index in [9.17, 15) is 14.0 Å². The summed E-state index contributed by atoms with van der Waals surface area (Å²) < 4.78 is 18.5. The van der Waals surface area contributed by atoms with Crippen molar-refractivity contribution in [1.82, 2.24) is 10.2 Å². The second-order valence-electron chi connectivity index (χ2n) is 5.98. The normalized spacial score (nSPS) is 16.8. The van der Waals surface area contributed by atoms with Gasteiger partial charge < -0.3 is 15.0 Å². The van der Waals surface area contributed by atoms with Crippen LogP contribution in [0.25, 0.3) is 0 Å². The quantitative estimate of drug-likeness (QED) is 0.907. The van der Waals surface area contributed by atoms with E-state index in [0.717, 1.165) is 5.56 Å². The molecule has 0 aromatic heterocycles. The summed E-state index contributed by atoms with van der Waals surface area (Å²) in [5.41, 5.74) is 1.16. The van der Waals surface area contributed by atoms with Crippen molar-refractivity contribution in [1.29, 1.82) is 0 Å². The molecule has 1 aliphatic heterocycles. The van der Waals surface area contributed by atoms with Gasteiger partial charge in [0.15, 0.2) is 0 Å². The Morgan fingerprint density at radius 3 is 2.84 bits per heavy atom. The number of carbonyl (C=O) groups excluding carboxylic acids is 2. The maximum Gasteiger partial charge on any atom is 0.255 e. The third-order valence-corrected chi connectivity index (χ3v) is 4.16. The molecule has 2 aromatic carbocycles. The number of nitrogens with zero attached hydrogens (tertiary/aromatic N) is 1. The van der Waals surface area contributed by atoms with E-state index in [-0.39, 0.29) is 30.1 Å². The predicted octanol–water partition coefficient (Wildman–Crippen LogP) is 2.37. The Balaban J connectivity index is 1.63. The van der Waals surface area contributed by atoms with Crippen LogP contribution in [0.5, 0.6) is 5.75 Å². The zero-order valence-electron chi connectivity index (χ0n) is 13.9. The van der Waals surface area contributed by atoms with Gasteiger partial charge >= 0.3 is 0 Å². The molecule has 2 aromatic rings. The number of benzene rings is 2. The Morgan fingerprint density at radius 2 is 2.08 bits per heavy atom. The van der Waals surface area contributed by atoms with Gasteiger partial charge in [-0.1, -0.05) is 24.3 Å². The molecule has 1 fully saturated rings. The van der Waals surface area contributed by atoms with Gasteiger partial charge in [0.1, 0.15) is 11.6 Å². The van der Waals surface area contributed by atoms with Crippen molar-refractivity contribution in [2.75, 3.05) is 13.7 Å². The molecule has 0 unspecified atom stereocenters. The maximum absolute atomic E-state index is 13.3. The number of carbonyl (C=O) groups is 2. The molecular weight excluding hydrogens is 323 g/mol. The van der Waals surface area contributed by atoms with Gasteiger partial charge in [-0.2, -0.15) is 0 Å². The first-order valence-corrected chi connectivity index (χ1v) is 8.03. The second kappa shape index (κ2) is 7.34. The van der Waals surface area contributed by atoms with Crippen LogP contribution in [0.4, 0.5) is 4.39 Å². The second-order valence-corrected chi connectivity index (χ2v) is 5.98. The summed E-state index contributed by atoms with van der Waals surface area (Å²) in [5, 5.41) is 2.87. The van der Waals surface area contributed by atoms with Crippen molar-refractivity contribution in [3.63, 3.8) is 0 Å². The van der Waals surface area contributed by atoms with E-state index in [0.29, 0.717) is 24.4 Å². The maximum atomic E-state index is 13.3. The molecule has 0 spiro atoms. The first-order valence-electron chi connectivity index (χ1n) is 8.03. The molecule has 1 heterocycles. The fraction of sp³-hybridized carbons (Fsp3) is 0.263. The lowest BCUT2D eigenvalue weighted by Gasteiger charge is -2.17. The van der Waals surface area contributed by atoms with E-state index in [1.54, 1.807) is 41.3 Å². The van der Waals surface area contributed by atoms with E-state index >= 15 is 0 Å². The fourth-order valence-electron chi connectivity index (χ4n) is 2.97. The molecule has 0 bridgehead atoms. The third kappa shape index (κ3) is 3.96. The molecule has 0 saturated carbocycles. The van der Waals surface area contributed by atoms with Crippen LogP contribution in [0.2, 0.25) is 0 Å². The highest BCUT2D eigenvalue weighted by Crippen LogP contribution is 2.19. The van der Waals surface area contributed by atoms with Gasteiger partial charge in [-0.15, -0.1) is 0 Å². The van der Waals surface area contributed by atoms with Crippen LogP contribution in [-0.4, -0.2) is 36.4 Å². The first-order chi connectivity index (χ1) is 12.1. The summed E-state index contributed by atoms with van der Waals surface area (Å²) in [6.45, 7) is 0.730. The van der Waals surface area contributed by atoms with Crippen molar-refractivity contribution in [2.24, 2.45) is 0 Å². The van der Waals surface area contributed by atoms with Crippen LogP contribution >= 0.6 is 0 Å². The lowest BCUT2D eigenvalue weighted by Crippen LogP contribution is -2.37. The molecule has 6 heteroatoms. The monoisotopic (exact) mass is 342 g/mol. The van der Waals surface area contributed by atoms with Crippen LogP contribution in [0.1, 0.15) is 22.3 Å². The van der Waals surface area contributed by atoms with Gasteiger partial charge in [0.05, 0.1) is 18.7 Å². The Bertz CT molecular complexity index is 794. The van der Waals surface area contributed by atoms with E-state index in [1.807, 2.05) is 0 Å². The number of hydrogen-bond donors (Lipinski definition) is 1. The predicted molar refractivity (Wildman–Crippen MR) is 90.7 cm³/mol. The molecule has 5 nitrogen and oxygen atoms in total. The summed E-state index contributed by atoms with van der Waals surface area (Å²) in [6, 6.07) is 12.8. The van der Waals surface area contributed by atoms with Gasteiger partial charge in [-0.3, -0.25) is 9.59 Å². The van der Waals surface area contributed by atoms with E-state index in [1.165, 1.54) is 19.2 Å². The van der Waals surface area contributed by atoms with Gasteiger partial charge in [-0.25, -0.2) is 4.39 Å². The van der Waals surface area contributed by atoms with Gasteiger partial charge in [0.25, 0.3) is 5.91 Å². The molecule has 1 aliphatic rings. The Kier molecular flexibility index (Phi) is 4.97. The summed E-state index contributed by atoms with van der Waals surface area (Å²) in [4.78, 5) is 26.2. The summed E-state index contributed by atoms with van der Waals surface area (Å²) >= 11 is 0.